The van der Waals surface area contributed by atoms with Crippen molar-refractivity contribution >= 4 is 23.2 Å². The van der Waals surface area contributed by atoms with E-state index < -0.39 is 17.3 Å². The molecule has 2 fully saturated rings. The maximum Gasteiger partial charge on any atom is 0.308 e. The van der Waals surface area contributed by atoms with Gasteiger partial charge in [0.1, 0.15) is 0 Å². The SMILES string of the molecule is O=C(O)[C@H]1CCCN(C(=O)C2(c3cccs3)CCCCC2)C1. The van der Waals surface area contributed by atoms with E-state index in [1.54, 1.807) is 11.3 Å². The molecule has 0 radical (unpaired) electrons. The fraction of sp³-hybridized carbons (Fsp3) is 0.647. The van der Waals surface area contributed by atoms with E-state index in [1.807, 2.05) is 16.3 Å². The summed E-state index contributed by atoms with van der Waals surface area (Å²) in [6.45, 7) is 1.08. The third-order valence-corrected chi connectivity index (χ3v) is 6.24. The van der Waals surface area contributed by atoms with E-state index in [-0.39, 0.29) is 5.91 Å². The van der Waals surface area contributed by atoms with Crippen molar-refractivity contribution in [3.8, 4) is 0 Å². The topological polar surface area (TPSA) is 57.6 Å². The minimum atomic E-state index is -0.772. The lowest BCUT2D eigenvalue weighted by molar-refractivity contribution is -0.148. The highest BCUT2D eigenvalue weighted by Crippen LogP contribution is 2.43. The third kappa shape index (κ3) is 2.78. The molecule has 1 atom stereocenters. The Kier molecular flexibility index (Phi) is 4.52. The summed E-state index contributed by atoms with van der Waals surface area (Å²) in [6.07, 6.45) is 6.65. The lowest BCUT2D eigenvalue weighted by Gasteiger charge is -2.41. The average molecular weight is 321 g/mol. The molecule has 1 amide bonds. The second-order valence-electron chi connectivity index (χ2n) is 6.55. The monoisotopic (exact) mass is 321 g/mol. The van der Waals surface area contributed by atoms with Gasteiger partial charge in [-0.15, -0.1) is 11.3 Å². The minimum Gasteiger partial charge on any atom is -0.481 e. The Morgan fingerprint density at radius 1 is 1.23 bits per heavy atom. The Morgan fingerprint density at radius 2 is 2.00 bits per heavy atom. The van der Waals surface area contributed by atoms with Gasteiger partial charge in [-0.2, -0.15) is 0 Å². The molecule has 0 bridgehead atoms. The second-order valence-corrected chi connectivity index (χ2v) is 7.50. The van der Waals surface area contributed by atoms with Crippen molar-refractivity contribution < 1.29 is 14.7 Å². The van der Waals surface area contributed by atoms with Gasteiger partial charge in [0.25, 0.3) is 0 Å². The Bertz CT molecular complexity index is 534. The molecular weight excluding hydrogens is 298 g/mol. The lowest BCUT2D eigenvalue weighted by atomic mass is 9.71. The van der Waals surface area contributed by atoms with Crippen molar-refractivity contribution in [1.29, 1.82) is 0 Å². The molecule has 4 nitrogen and oxygen atoms in total. The molecule has 1 aliphatic carbocycles. The van der Waals surface area contributed by atoms with E-state index in [0.717, 1.165) is 37.0 Å². The molecule has 1 saturated carbocycles. The van der Waals surface area contributed by atoms with Crippen LogP contribution in [0.15, 0.2) is 17.5 Å². The number of nitrogens with zero attached hydrogens (tertiary/aromatic N) is 1. The normalized spacial score (nSPS) is 24.9. The van der Waals surface area contributed by atoms with Crippen LogP contribution in [0.3, 0.4) is 0 Å². The molecular formula is C17H23NO3S. The van der Waals surface area contributed by atoms with Crippen LogP contribution in [-0.2, 0) is 15.0 Å². The van der Waals surface area contributed by atoms with Crippen LogP contribution in [0.5, 0.6) is 0 Å². The maximum absolute atomic E-state index is 13.3. The Labute approximate surface area is 135 Å². The zero-order valence-electron chi connectivity index (χ0n) is 12.8. The van der Waals surface area contributed by atoms with E-state index in [1.165, 1.54) is 6.42 Å². The van der Waals surface area contributed by atoms with E-state index in [0.29, 0.717) is 19.5 Å². The lowest BCUT2D eigenvalue weighted by Crippen LogP contribution is -2.51. The van der Waals surface area contributed by atoms with Crippen molar-refractivity contribution in [2.45, 2.75) is 50.4 Å². The van der Waals surface area contributed by atoms with E-state index >= 15 is 0 Å². The predicted octanol–water partition coefficient (Wildman–Crippen LogP) is 3.27. The molecule has 3 rings (SSSR count). The molecule has 0 spiro atoms. The number of piperidine rings is 1. The predicted molar refractivity (Wildman–Crippen MR) is 86.0 cm³/mol. The van der Waals surface area contributed by atoms with Crippen molar-refractivity contribution in [2.75, 3.05) is 13.1 Å². The number of carbonyl (C=O) groups excluding carboxylic acids is 1. The van der Waals surface area contributed by atoms with Gasteiger partial charge in [-0.25, -0.2) is 0 Å². The summed E-state index contributed by atoms with van der Waals surface area (Å²) in [5.41, 5.74) is -0.396. The van der Waals surface area contributed by atoms with Crippen molar-refractivity contribution in [3.05, 3.63) is 22.4 Å². The van der Waals surface area contributed by atoms with E-state index in [2.05, 4.69) is 6.07 Å². The number of rotatable bonds is 3. The molecule has 0 unspecified atom stereocenters. The number of hydrogen-bond donors (Lipinski definition) is 1. The molecule has 120 valence electrons. The highest BCUT2D eigenvalue weighted by molar-refractivity contribution is 7.10. The molecule has 1 aliphatic heterocycles. The molecule has 2 aliphatic rings. The van der Waals surface area contributed by atoms with Crippen LogP contribution in [0.4, 0.5) is 0 Å². The van der Waals surface area contributed by atoms with Crippen LogP contribution < -0.4 is 0 Å². The number of amides is 1. The Hall–Kier alpha value is -1.36. The number of carbonyl (C=O) groups is 2. The van der Waals surface area contributed by atoms with Gasteiger partial charge in [0, 0.05) is 18.0 Å². The summed E-state index contributed by atoms with van der Waals surface area (Å²) in [5.74, 6) is -1.01. The number of carboxylic acids is 1. The van der Waals surface area contributed by atoms with Gasteiger partial charge < -0.3 is 10.0 Å². The summed E-state index contributed by atoms with van der Waals surface area (Å²) in [7, 11) is 0. The van der Waals surface area contributed by atoms with Crippen LogP contribution in [0.1, 0.15) is 49.8 Å². The first-order valence-electron chi connectivity index (χ1n) is 8.20. The number of aliphatic carboxylic acids is 1. The van der Waals surface area contributed by atoms with E-state index in [9.17, 15) is 14.7 Å². The average Bonchev–Trinajstić information content (AvgIpc) is 3.10. The van der Waals surface area contributed by atoms with Gasteiger partial charge >= 0.3 is 5.97 Å². The molecule has 2 heterocycles. The number of thiophene rings is 1. The first-order valence-corrected chi connectivity index (χ1v) is 9.08. The molecule has 5 heteroatoms. The van der Waals surface area contributed by atoms with Gasteiger partial charge in [-0.3, -0.25) is 9.59 Å². The number of likely N-dealkylation sites (tertiary alicyclic amines) is 1. The van der Waals surface area contributed by atoms with Gasteiger partial charge in [0.2, 0.25) is 5.91 Å². The fourth-order valence-electron chi connectivity index (χ4n) is 3.94. The first-order chi connectivity index (χ1) is 10.6. The van der Waals surface area contributed by atoms with Gasteiger partial charge in [-0.05, 0) is 37.1 Å². The quantitative estimate of drug-likeness (QED) is 0.929. The van der Waals surface area contributed by atoms with Crippen LogP contribution >= 0.6 is 11.3 Å². The van der Waals surface area contributed by atoms with Crippen molar-refractivity contribution in [1.82, 2.24) is 4.90 Å². The Balaban J connectivity index is 1.85. The number of hydrogen-bond acceptors (Lipinski definition) is 3. The van der Waals surface area contributed by atoms with E-state index in [4.69, 9.17) is 0 Å². The van der Waals surface area contributed by atoms with Crippen LogP contribution in [-0.4, -0.2) is 35.0 Å². The van der Waals surface area contributed by atoms with Crippen LogP contribution in [0, 0.1) is 5.92 Å². The molecule has 1 aromatic rings. The molecule has 22 heavy (non-hydrogen) atoms. The summed E-state index contributed by atoms with van der Waals surface area (Å²) in [6, 6.07) is 4.09. The maximum atomic E-state index is 13.3. The molecule has 1 saturated heterocycles. The third-order valence-electron chi connectivity index (χ3n) is 5.17. The first kappa shape index (κ1) is 15.5. The van der Waals surface area contributed by atoms with Crippen molar-refractivity contribution in [2.24, 2.45) is 5.92 Å². The summed E-state index contributed by atoms with van der Waals surface area (Å²) in [4.78, 5) is 27.5. The van der Waals surface area contributed by atoms with Crippen molar-refractivity contribution in [3.63, 3.8) is 0 Å². The zero-order chi connectivity index (χ0) is 15.6. The zero-order valence-corrected chi connectivity index (χ0v) is 13.6. The fourth-order valence-corrected chi connectivity index (χ4v) is 4.92. The second kappa shape index (κ2) is 6.41. The highest BCUT2D eigenvalue weighted by atomic mass is 32.1. The summed E-state index contributed by atoms with van der Waals surface area (Å²) < 4.78 is 0. The largest absolute Gasteiger partial charge is 0.481 e. The smallest absolute Gasteiger partial charge is 0.308 e. The summed E-state index contributed by atoms with van der Waals surface area (Å²) >= 11 is 1.66. The van der Waals surface area contributed by atoms with Gasteiger partial charge in [0.05, 0.1) is 11.3 Å². The molecule has 1 N–H and O–H groups in total. The van der Waals surface area contributed by atoms with Crippen LogP contribution in [0.2, 0.25) is 0 Å². The van der Waals surface area contributed by atoms with Crippen LogP contribution in [0.25, 0.3) is 0 Å². The van der Waals surface area contributed by atoms with Gasteiger partial charge in [0.15, 0.2) is 0 Å². The minimum absolute atomic E-state index is 0.167. The number of carboxylic acid groups (broad SMARTS) is 1. The summed E-state index contributed by atoms with van der Waals surface area (Å²) in [5, 5.41) is 11.3. The Morgan fingerprint density at radius 3 is 2.64 bits per heavy atom. The molecule has 0 aromatic carbocycles. The highest BCUT2D eigenvalue weighted by Gasteiger charge is 2.45. The van der Waals surface area contributed by atoms with Gasteiger partial charge in [-0.1, -0.05) is 25.3 Å². The molecule has 1 aromatic heterocycles. The standard InChI is InChI=1S/C17H23NO3S/c19-15(20)13-6-4-10-18(12-13)16(21)17(8-2-1-3-9-17)14-7-5-11-22-14/h5,7,11,13H,1-4,6,8-10,12H2,(H,19,20)/t13-/m0/s1.